The Balaban J connectivity index is 2.25. The van der Waals surface area contributed by atoms with Gasteiger partial charge in [0.2, 0.25) is 11.8 Å². The quantitative estimate of drug-likeness (QED) is 0.649. The zero-order valence-corrected chi connectivity index (χ0v) is 12.3. The van der Waals surface area contributed by atoms with Crippen molar-refractivity contribution in [1.82, 2.24) is 15.5 Å². The van der Waals surface area contributed by atoms with Crippen LogP contribution in [-0.4, -0.2) is 21.7 Å². The second-order valence-corrected chi connectivity index (χ2v) is 4.88. The maximum Gasteiger partial charge on any atom is 0.273 e. The maximum absolute atomic E-state index is 11.0. The average Bonchev–Trinajstić information content (AvgIpc) is 2.94. The number of nitro benzene ring substituents is 1. The van der Waals surface area contributed by atoms with Crippen molar-refractivity contribution in [2.45, 2.75) is 33.2 Å². The summed E-state index contributed by atoms with van der Waals surface area (Å²) in [5.41, 5.74) is 1.19. The van der Waals surface area contributed by atoms with Crippen LogP contribution in [-0.2, 0) is 0 Å². The minimum Gasteiger partial charge on any atom is -0.419 e. The lowest BCUT2D eigenvalue weighted by Gasteiger charge is -2.07. The van der Waals surface area contributed by atoms with E-state index in [2.05, 4.69) is 22.4 Å². The predicted molar refractivity (Wildman–Crippen MR) is 77.8 cm³/mol. The Kier molecular flexibility index (Phi) is 4.64. The van der Waals surface area contributed by atoms with Crippen molar-refractivity contribution in [3.8, 4) is 11.5 Å². The topological polar surface area (TPSA) is 94.1 Å². The molecule has 0 aliphatic heterocycles. The van der Waals surface area contributed by atoms with E-state index >= 15 is 0 Å². The Bertz CT molecular complexity index is 639. The molecule has 2 rings (SSSR count). The van der Waals surface area contributed by atoms with Gasteiger partial charge in [-0.05, 0) is 32.9 Å². The summed E-state index contributed by atoms with van der Waals surface area (Å²) in [6.07, 6.45) is 1.01. The number of nitrogens with zero attached hydrogens (tertiary/aromatic N) is 3. The molecule has 1 aromatic heterocycles. The average molecular weight is 290 g/mol. The van der Waals surface area contributed by atoms with Gasteiger partial charge in [-0.3, -0.25) is 10.1 Å². The number of hydrogen-bond acceptors (Lipinski definition) is 6. The van der Waals surface area contributed by atoms with Gasteiger partial charge in [0.1, 0.15) is 0 Å². The molecule has 0 fully saturated rings. The molecule has 21 heavy (non-hydrogen) atoms. The molecule has 1 atom stereocenters. The van der Waals surface area contributed by atoms with Crippen LogP contribution in [0.25, 0.3) is 11.5 Å². The van der Waals surface area contributed by atoms with Gasteiger partial charge in [-0.2, -0.15) is 0 Å². The van der Waals surface area contributed by atoms with E-state index in [1.807, 2.05) is 6.92 Å². The fourth-order valence-electron chi connectivity index (χ4n) is 1.91. The third-order valence-corrected chi connectivity index (χ3v) is 3.16. The van der Waals surface area contributed by atoms with Crippen LogP contribution >= 0.6 is 0 Å². The number of nitro groups is 1. The largest absolute Gasteiger partial charge is 0.419 e. The van der Waals surface area contributed by atoms with E-state index in [1.54, 1.807) is 19.1 Å². The smallest absolute Gasteiger partial charge is 0.273 e. The highest BCUT2D eigenvalue weighted by Crippen LogP contribution is 2.26. The molecule has 0 aliphatic rings. The highest BCUT2D eigenvalue weighted by Gasteiger charge is 2.17. The number of benzene rings is 1. The molecule has 112 valence electrons. The van der Waals surface area contributed by atoms with E-state index < -0.39 is 4.92 Å². The summed E-state index contributed by atoms with van der Waals surface area (Å²) >= 11 is 0. The van der Waals surface area contributed by atoms with E-state index in [-0.39, 0.29) is 11.7 Å². The van der Waals surface area contributed by atoms with Crippen molar-refractivity contribution < 1.29 is 9.34 Å². The number of aromatic nitrogens is 2. The molecule has 7 heteroatoms. The molecule has 0 aliphatic carbocycles. The summed E-state index contributed by atoms with van der Waals surface area (Å²) in [5.74, 6) is 0.764. The lowest BCUT2D eigenvalue weighted by molar-refractivity contribution is -0.385. The number of rotatable bonds is 6. The predicted octanol–water partition coefficient (Wildman–Crippen LogP) is 3.01. The van der Waals surface area contributed by atoms with Crippen LogP contribution in [0.3, 0.4) is 0 Å². The second kappa shape index (κ2) is 6.45. The van der Waals surface area contributed by atoms with Crippen molar-refractivity contribution in [3.63, 3.8) is 0 Å². The molecule has 0 saturated carbocycles. The standard InChI is InChI=1S/C14H18N4O3/c1-4-7-15-10(3)13-16-17-14(21-13)11-6-5-9(2)12(8-11)18(19)20/h5-6,8,10,15H,4,7H2,1-3H3. The monoisotopic (exact) mass is 290 g/mol. The van der Waals surface area contributed by atoms with Crippen molar-refractivity contribution in [3.05, 3.63) is 39.8 Å². The maximum atomic E-state index is 11.0. The van der Waals surface area contributed by atoms with Gasteiger partial charge >= 0.3 is 0 Å². The number of hydrogen-bond donors (Lipinski definition) is 1. The molecular formula is C14H18N4O3. The molecule has 1 heterocycles. The molecule has 0 saturated heterocycles. The van der Waals surface area contributed by atoms with E-state index in [0.717, 1.165) is 13.0 Å². The van der Waals surface area contributed by atoms with E-state index in [4.69, 9.17) is 4.42 Å². The summed E-state index contributed by atoms with van der Waals surface area (Å²) in [4.78, 5) is 10.6. The molecule has 1 unspecified atom stereocenters. The van der Waals surface area contributed by atoms with Gasteiger partial charge in [-0.1, -0.05) is 13.0 Å². The van der Waals surface area contributed by atoms with E-state index in [0.29, 0.717) is 22.9 Å². The summed E-state index contributed by atoms with van der Waals surface area (Å²) in [5, 5.41) is 22.2. The van der Waals surface area contributed by atoms with Gasteiger partial charge in [0.15, 0.2) is 0 Å². The highest BCUT2D eigenvalue weighted by molar-refractivity contribution is 5.59. The third kappa shape index (κ3) is 3.43. The lowest BCUT2D eigenvalue weighted by atomic mass is 10.1. The zero-order valence-electron chi connectivity index (χ0n) is 12.3. The minimum atomic E-state index is -0.415. The van der Waals surface area contributed by atoms with Crippen molar-refractivity contribution in [1.29, 1.82) is 0 Å². The molecular weight excluding hydrogens is 272 g/mol. The van der Waals surface area contributed by atoms with Gasteiger partial charge in [0.25, 0.3) is 5.69 Å². The van der Waals surface area contributed by atoms with Gasteiger partial charge in [0.05, 0.1) is 11.0 Å². The molecule has 0 amide bonds. The summed E-state index contributed by atoms with van der Waals surface area (Å²) in [6.45, 7) is 6.56. The summed E-state index contributed by atoms with van der Waals surface area (Å²) < 4.78 is 5.60. The van der Waals surface area contributed by atoms with Gasteiger partial charge in [0, 0.05) is 17.2 Å². The second-order valence-electron chi connectivity index (χ2n) is 4.88. The van der Waals surface area contributed by atoms with Crippen molar-refractivity contribution in [2.24, 2.45) is 0 Å². The van der Waals surface area contributed by atoms with Crippen molar-refractivity contribution in [2.75, 3.05) is 6.54 Å². The fourth-order valence-corrected chi connectivity index (χ4v) is 1.91. The molecule has 0 spiro atoms. The van der Waals surface area contributed by atoms with Crippen LogP contribution in [0.15, 0.2) is 22.6 Å². The number of nitrogens with one attached hydrogen (secondary N) is 1. The Morgan fingerprint density at radius 1 is 1.43 bits per heavy atom. The van der Waals surface area contributed by atoms with Crippen LogP contribution < -0.4 is 5.32 Å². The van der Waals surface area contributed by atoms with Crippen LogP contribution in [0.5, 0.6) is 0 Å². The Morgan fingerprint density at radius 3 is 2.86 bits per heavy atom. The van der Waals surface area contributed by atoms with Gasteiger partial charge < -0.3 is 9.73 Å². The Labute approximate surface area is 122 Å². The van der Waals surface area contributed by atoms with E-state index in [9.17, 15) is 10.1 Å². The molecule has 1 aromatic carbocycles. The van der Waals surface area contributed by atoms with Crippen LogP contribution in [0.2, 0.25) is 0 Å². The first kappa shape index (κ1) is 15.1. The SMILES string of the molecule is CCCNC(C)c1nnc(-c2ccc(C)c([N+](=O)[O-])c2)o1. The summed E-state index contributed by atoms with van der Waals surface area (Å²) in [6, 6.07) is 4.82. The number of aryl methyl sites for hydroxylation is 1. The van der Waals surface area contributed by atoms with Crippen LogP contribution in [0.1, 0.15) is 37.8 Å². The fraction of sp³-hybridized carbons (Fsp3) is 0.429. The lowest BCUT2D eigenvalue weighted by Crippen LogP contribution is -2.19. The zero-order chi connectivity index (χ0) is 15.4. The molecule has 7 nitrogen and oxygen atoms in total. The normalized spacial score (nSPS) is 12.3. The minimum absolute atomic E-state index is 0.0457. The molecule has 0 bridgehead atoms. The van der Waals surface area contributed by atoms with E-state index in [1.165, 1.54) is 6.07 Å². The summed E-state index contributed by atoms with van der Waals surface area (Å²) in [7, 11) is 0. The van der Waals surface area contributed by atoms with Gasteiger partial charge in [-0.15, -0.1) is 10.2 Å². The first-order valence-corrected chi connectivity index (χ1v) is 6.85. The first-order valence-electron chi connectivity index (χ1n) is 6.85. The molecule has 0 radical (unpaired) electrons. The first-order chi connectivity index (χ1) is 10.0. The highest BCUT2D eigenvalue weighted by atomic mass is 16.6. The Morgan fingerprint density at radius 2 is 2.19 bits per heavy atom. The van der Waals surface area contributed by atoms with Crippen molar-refractivity contribution >= 4 is 5.69 Å². The molecule has 2 aromatic rings. The van der Waals surface area contributed by atoms with Crippen LogP contribution in [0, 0.1) is 17.0 Å². The van der Waals surface area contributed by atoms with Gasteiger partial charge in [-0.25, -0.2) is 0 Å². The van der Waals surface area contributed by atoms with Crippen LogP contribution in [0.4, 0.5) is 5.69 Å². The Hall–Kier alpha value is -2.28. The molecule has 1 N–H and O–H groups in total. The third-order valence-electron chi connectivity index (χ3n) is 3.16.